The number of rotatable bonds is 6. The van der Waals surface area contributed by atoms with E-state index in [1.807, 2.05) is 30.3 Å². The molecule has 0 N–H and O–H groups in total. The molecule has 1 aliphatic rings. The fourth-order valence-electron chi connectivity index (χ4n) is 3.42. The van der Waals surface area contributed by atoms with Crippen LogP contribution in [0.3, 0.4) is 0 Å². The first-order chi connectivity index (χ1) is 12.7. The predicted octanol–water partition coefficient (Wildman–Crippen LogP) is 4.93. The second-order valence-electron chi connectivity index (χ2n) is 7.26. The van der Waals surface area contributed by atoms with Crippen LogP contribution in [0.25, 0.3) is 22.3 Å². The second kappa shape index (κ2) is 6.94. The number of aromatic nitrogens is 2. The zero-order chi connectivity index (χ0) is 18.1. The van der Waals surface area contributed by atoms with Gasteiger partial charge in [-0.15, -0.1) is 0 Å². The van der Waals surface area contributed by atoms with Gasteiger partial charge in [0.25, 0.3) is 0 Å². The summed E-state index contributed by atoms with van der Waals surface area (Å²) in [5.41, 5.74) is 1.94. The van der Waals surface area contributed by atoms with Crippen LogP contribution >= 0.6 is 0 Å². The van der Waals surface area contributed by atoms with Crippen molar-refractivity contribution in [2.75, 3.05) is 19.1 Å². The third kappa shape index (κ3) is 3.36. The van der Waals surface area contributed by atoms with Gasteiger partial charge in [0.15, 0.2) is 5.82 Å². The van der Waals surface area contributed by atoms with Gasteiger partial charge in [0, 0.05) is 24.0 Å². The summed E-state index contributed by atoms with van der Waals surface area (Å²) in [6.07, 6.45) is 3.97. The third-order valence-electron chi connectivity index (χ3n) is 5.28. The van der Waals surface area contributed by atoms with Crippen molar-refractivity contribution >= 4 is 16.7 Å². The van der Waals surface area contributed by atoms with Gasteiger partial charge in [-0.2, -0.15) is 0 Å². The minimum Gasteiger partial charge on any atom is -0.497 e. The van der Waals surface area contributed by atoms with Gasteiger partial charge in [-0.05, 0) is 43.5 Å². The van der Waals surface area contributed by atoms with E-state index < -0.39 is 0 Å². The highest BCUT2D eigenvalue weighted by molar-refractivity contribution is 5.91. The van der Waals surface area contributed by atoms with Gasteiger partial charge in [0.05, 0.1) is 12.6 Å². The SMILES string of the molecule is COc1cccc(-c2nc(N(C)C(C)CC3CC3)c3ccccc3n2)c1. The number of hydrogen-bond donors (Lipinski definition) is 0. The first kappa shape index (κ1) is 16.8. The highest BCUT2D eigenvalue weighted by Gasteiger charge is 2.26. The van der Waals surface area contributed by atoms with Gasteiger partial charge >= 0.3 is 0 Å². The van der Waals surface area contributed by atoms with Crippen LogP contribution in [-0.4, -0.2) is 30.2 Å². The van der Waals surface area contributed by atoms with E-state index in [9.17, 15) is 0 Å². The molecule has 26 heavy (non-hydrogen) atoms. The molecular weight excluding hydrogens is 322 g/mol. The molecule has 134 valence electrons. The Morgan fingerprint density at radius 1 is 1.12 bits per heavy atom. The molecule has 1 unspecified atom stereocenters. The molecule has 0 saturated heterocycles. The van der Waals surface area contributed by atoms with E-state index in [1.54, 1.807) is 7.11 Å². The number of methoxy groups -OCH3 is 1. The number of ether oxygens (including phenoxy) is 1. The highest BCUT2D eigenvalue weighted by atomic mass is 16.5. The van der Waals surface area contributed by atoms with Gasteiger partial charge in [0.2, 0.25) is 0 Å². The Morgan fingerprint density at radius 2 is 1.92 bits per heavy atom. The fraction of sp³-hybridized carbons (Fsp3) is 0.364. The van der Waals surface area contributed by atoms with Crippen molar-refractivity contribution < 1.29 is 4.74 Å². The second-order valence-corrected chi connectivity index (χ2v) is 7.26. The van der Waals surface area contributed by atoms with E-state index in [-0.39, 0.29) is 0 Å². The lowest BCUT2D eigenvalue weighted by atomic mass is 10.1. The quantitative estimate of drug-likeness (QED) is 0.634. The lowest BCUT2D eigenvalue weighted by Crippen LogP contribution is -2.30. The van der Waals surface area contributed by atoms with Crippen LogP contribution in [0, 0.1) is 5.92 Å². The Balaban J connectivity index is 1.79. The van der Waals surface area contributed by atoms with Crippen molar-refractivity contribution in [2.24, 2.45) is 5.92 Å². The molecule has 0 radical (unpaired) electrons. The highest BCUT2D eigenvalue weighted by Crippen LogP contribution is 2.36. The molecule has 1 aromatic heterocycles. The predicted molar refractivity (Wildman–Crippen MR) is 107 cm³/mol. The molecule has 3 aromatic rings. The largest absolute Gasteiger partial charge is 0.497 e. The summed E-state index contributed by atoms with van der Waals surface area (Å²) in [5.74, 6) is 3.44. The van der Waals surface area contributed by atoms with Crippen LogP contribution in [0.4, 0.5) is 5.82 Å². The molecule has 0 spiro atoms. The Hall–Kier alpha value is -2.62. The lowest BCUT2D eigenvalue weighted by Gasteiger charge is -2.27. The van der Waals surface area contributed by atoms with Gasteiger partial charge in [-0.3, -0.25) is 0 Å². The van der Waals surface area contributed by atoms with Crippen molar-refractivity contribution in [3.8, 4) is 17.1 Å². The number of anilines is 1. The van der Waals surface area contributed by atoms with Crippen LogP contribution in [0.5, 0.6) is 5.75 Å². The Bertz CT molecular complexity index is 920. The molecule has 4 nitrogen and oxygen atoms in total. The van der Waals surface area contributed by atoms with E-state index in [2.05, 4.69) is 37.1 Å². The average molecular weight is 347 g/mol. The molecule has 4 heteroatoms. The molecule has 1 fully saturated rings. The van der Waals surface area contributed by atoms with Crippen molar-refractivity contribution in [3.05, 3.63) is 48.5 Å². The average Bonchev–Trinajstić information content (AvgIpc) is 3.50. The topological polar surface area (TPSA) is 38.2 Å². The van der Waals surface area contributed by atoms with Crippen molar-refractivity contribution in [2.45, 2.75) is 32.2 Å². The maximum absolute atomic E-state index is 5.36. The Morgan fingerprint density at radius 3 is 2.69 bits per heavy atom. The molecule has 1 saturated carbocycles. The zero-order valence-corrected chi connectivity index (χ0v) is 15.6. The van der Waals surface area contributed by atoms with Crippen LogP contribution in [0.2, 0.25) is 0 Å². The number of nitrogens with zero attached hydrogens (tertiary/aromatic N) is 3. The first-order valence-corrected chi connectivity index (χ1v) is 9.29. The van der Waals surface area contributed by atoms with Crippen LogP contribution in [0.15, 0.2) is 48.5 Å². The molecule has 0 aliphatic heterocycles. The minimum atomic E-state index is 0.457. The smallest absolute Gasteiger partial charge is 0.162 e. The Labute approximate surface area is 154 Å². The molecule has 1 aliphatic carbocycles. The maximum Gasteiger partial charge on any atom is 0.162 e. The van der Waals surface area contributed by atoms with E-state index in [1.165, 1.54) is 19.3 Å². The summed E-state index contributed by atoms with van der Waals surface area (Å²) in [7, 11) is 3.83. The zero-order valence-electron chi connectivity index (χ0n) is 15.6. The number of benzene rings is 2. The van der Waals surface area contributed by atoms with Crippen LogP contribution in [-0.2, 0) is 0 Å². The van der Waals surface area contributed by atoms with Gasteiger partial charge in [-0.1, -0.05) is 37.1 Å². The number of para-hydroxylation sites is 1. The maximum atomic E-state index is 5.36. The van der Waals surface area contributed by atoms with Gasteiger partial charge in [-0.25, -0.2) is 9.97 Å². The summed E-state index contributed by atoms with van der Waals surface area (Å²) >= 11 is 0. The summed E-state index contributed by atoms with van der Waals surface area (Å²) in [6, 6.07) is 16.7. The van der Waals surface area contributed by atoms with Gasteiger partial charge < -0.3 is 9.64 Å². The summed E-state index contributed by atoms with van der Waals surface area (Å²) in [4.78, 5) is 12.1. The minimum absolute atomic E-state index is 0.457. The van der Waals surface area contributed by atoms with E-state index >= 15 is 0 Å². The van der Waals surface area contributed by atoms with Crippen LogP contribution < -0.4 is 9.64 Å². The molecule has 2 aromatic carbocycles. The Kier molecular flexibility index (Phi) is 4.49. The van der Waals surface area contributed by atoms with E-state index in [4.69, 9.17) is 14.7 Å². The molecule has 4 rings (SSSR count). The number of hydrogen-bond acceptors (Lipinski definition) is 4. The monoisotopic (exact) mass is 347 g/mol. The van der Waals surface area contributed by atoms with Crippen LogP contribution in [0.1, 0.15) is 26.2 Å². The summed E-state index contributed by atoms with van der Waals surface area (Å²) < 4.78 is 5.36. The molecule has 0 amide bonds. The lowest BCUT2D eigenvalue weighted by molar-refractivity contribution is 0.415. The van der Waals surface area contributed by atoms with E-state index in [0.717, 1.165) is 39.8 Å². The molecular formula is C22H25N3O. The van der Waals surface area contributed by atoms with Crippen molar-refractivity contribution in [1.29, 1.82) is 0 Å². The number of fused-ring (bicyclic) bond motifs is 1. The first-order valence-electron chi connectivity index (χ1n) is 9.29. The summed E-state index contributed by atoms with van der Waals surface area (Å²) in [5, 5.41) is 1.10. The fourth-order valence-corrected chi connectivity index (χ4v) is 3.42. The molecule has 1 atom stereocenters. The van der Waals surface area contributed by atoms with Crippen molar-refractivity contribution in [3.63, 3.8) is 0 Å². The third-order valence-corrected chi connectivity index (χ3v) is 5.28. The van der Waals surface area contributed by atoms with Gasteiger partial charge in [0.1, 0.15) is 11.6 Å². The molecule has 1 heterocycles. The van der Waals surface area contributed by atoms with Crippen molar-refractivity contribution in [1.82, 2.24) is 9.97 Å². The standard InChI is InChI=1S/C22H25N3O/c1-15(13-16-11-12-16)25(2)22-19-9-4-5-10-20(19)23-21(24-22)17-7-6-8-18(14-17)26-3/h4-10,14-16H,11-13H2,1-3H3. The summed E-state index contributed by atoms with van der Waals surface area (Å²) in [6.45, 7) is 2.29. The molecule has 0 bridgehead atoms. The van der Waals surface area contributed by atoms with E-state index in [0.29, 0.717) is 6.04 Å². The normalized spacial score (nSPS) is 15.0.